The van der Waals surface area contributed by atoms with E-state index < -0.39 is 5.66 Å². The number of aromatic nitrogens is 1. The van der Waals surface area contributed by atoms with Crippen molar-refractivity contribution in [3.05, 3.63) is 65.1 Å². The van der Waals surface area contributed by atoms with E-state index in [0.717, 1.165) is 16.4 Å². The number of hydrogen-bond acceptors (Lipinski definition) is 3. The molecule has 3 rings (SSSR count). The summed E-state index contributed by atoms with van der Waals surface area (Å²) in [5.41, 5.74) is 0.316. The second-order valence-corrected chi connectivity index (χ2v) is 3.95. The second kappa shape index (κ2) is 3.23. The Kier molecular flexibility index (Phi) is 1.86. The van der Waals surface area contributed by atoms with Gasteiger partial charge in [0.1, 0.15) is 0 Å². The lowest BCUT2D eigenvalue weighted by molar-refractivity contribution is 0.506. The Balaban J connectivity index is 2.22. The topological polar surface area (TPSA) is 37.6 Å². The molecule has 0 amide bonds. The fourth-order valence-corrected chi connectivity index (χ4v) is 1.90. The van der Waals surface area contributed by atoms with E-state index in [-0.39, 0.29) is 0 Å². The molecule has 0 fully saturated rings. The molecule has 0 radical (unpaired) electrons. The van der Waals surface area contributed by atoms with Crippen molar-refractivity contribution >= 4 is 0 Å². The maximum Gasteiger partial charge on any atom is 0.190 e. The predicted octanol–water partition coefficient (Wildman–Crippen LogP) is 1.21. The Labute approximate surface area is 93.2 Å². The first-order valence-electron chi connectivity index (χ1n) is 5.24. The van der Waals surface area contributed by atoms with Gasteiger partial charge in [-0.1, -0.05) is 18.2 Å². The van der Waals surface area contributed by atoms with Crippen LogP contribution in [0.2, 0.25) is 0 Å². The lowest BCUT2D eigenvalue weighted by Crippen LogP contribution is -2.19. The zero-order chi connectivity index (χ0) is 11.0. The van der Waals surface area contributed by atoms with Crippen molar-refractivity contribution in [2.45, 2.75) is 12.6 Å². The summed E-state index contributed by atoms with van der Waals surface area (Å²) in [7, 11) is 0. The Morgan fingerprint density at radius 2 is 1.50 bits per heavy atom. The average molecular weight is 209 g/mol. The van der Waals surface area contributed by atoms with Gasteiger partial charge >= 0.3 is 0 Å². The monoisotopic (exact) mass is 209 g/mol. The van der Waals surface area contributed by atoms with Gasteiger partial charge in [-0.05, 0) is 31.2 Å². The maximum absolute atomic E-state index is 4.62. The first-order valence-corrected chi connectivity index (χ1v) is 5.24. The summed E-state index contributed by atoms with van der Waals surface area (Å²) in [6, 6.07) is 13.7. The van der Waals surface area contributed by atoms with Crippen LogP contribution in [0.25, 0.3) is 0 Å². The molecule has 3 heteroatoms. The van der Waals surface area contributed by atoms with Crippen LogP contribution < -0.4 is 10.7 Å². The second-order valence-electron chi connectivity index (χ2n) is 3.95. The van der Waals surface area contributed by atoms with Crippen molar-refractivity contribution in [1.29, 1.82) is 0 Å². The van der Waals surface area contributed by atoms with Gasteiger partial charge < -0.3 is 0 Å². The first kappa shape index (κ1) is 9.21. The van der Waals surface area contributed by atoms with Crippen LogP contribution in [-0.4, -0.2) is 4.98 Å². The number of rotatable bonds is 1. The van der Waals surface area contributed by atoms with Gasteiger partial charge in [0.15, 0.2) is 5.66 Å². The van der Waals surface area contributed by atoms with E-state index in [9.17, 15) is 0 Å². The molecule has 1 aliphatic heterocycles. The first-order chi connectivity index (χ1) is 7.78. The molecule has 16 heavy (non-hydrogen) atoms. The van der Waals surface area contributed by atoms with E-state index in [1.165, 1.54) is 0 Å². The molecule has 0 saturated heterocycles. The molecule has 78 valence electrons. The molecule has 2 aromatic rings. The Morgan fingerprint density at radius 3 is 2.06 bits per heavy atom. The third-order valence-electron chi connectivity index (χ3n) is 2.71. The van der Waals surface area contributed by atoms with E-state index in [0.29, 0.717) is 0 Å². The smallest absolute Gasteiger partial charge is 0.190 e. The number of pyridine rings is 1. The number of hydrogen-bond donors (Lipinski definition) is 0. The summed E-state index contributed by atoms with van der Waals surface area (Å²) in [6.45, 7) is 1.98. The van der Waals surface area contributed by atoms with Gasteiger partial charge in [0.05, 0.1) is 16.4 Å². The SMILES string of the molecule is CC1(c2ccccn2)N=c2ccccc2=N1. The molecular formula is C13H11N3. The third-order valence-corrected chi connectivity index (χ3v) is 2.71. The zero-order valence-electron chi connectivity index (χ0n) is 8.96. The zero-order valence-corrected chi connectivity index (χ0v) is 8.96. The highest BCUT2D eigenvalue weighted by Gasteiger charge is 2.28. The predicted molar refractivity (Wildman–Crippen MR) is 60.3 cm³/mol. The molecule has 3 nitrogen and oxygen atoms in total. The van der Waals surface area contributed by atoms with Gasteiger partial charge in [-0.25, -0.2) is 9.98 Å². The highest BCUT2D eigenvalue weighted by molar-refractivity contribution is 5.18. The van der Waals surface area contributed by atoms with Gasteiger partial charge in [0.2, 0.25) is 0 Å². The lowest BCUT2D eigenvalue weighted by atomic mass is 10.1. The molecule has 0 N–H and O–H groups in total. The fourth-order valence-electron chi connectivity index (χ4n) is 1.90. The van der Waals surface area contributed by atoms with E-state index in [4.69, 9.17) is 0 Å². The van der Waals surface area contributed by atoms with Crippen molar-refractivity contribution in [1.82, 2.24) is 4.98 Å². The molecule has 0 aliphatic carbocycles. The van der Waals surface area contributed by atoms with Crippen LogP contribution >= 0.6 is 0 Å². The van der Waals surface area contributed by atoms with Crippen LogP contribution in [0.3, 0.4) is 0 Å². The molecule has 2 heterocycles. The third kappa shape index (κ3) is 1.33. The minimum atomic E-state index is -0.565. The van der Waals surface area contributed by atoms with Crippen molar-refractivity contribution in [3.63, 3.8) is 0 Å². The van der Waals surface area contributed by atoms with Gasteiger partial charge in [0.25, 0.3) is 0 Å². The Hall–Kier alpha value is -2.03. The minimum absolute atomic E-state index is 0.565. The van der Waals surface area contributed by atoms with Crippen molar-refractivity contribution < 1.29 is 0 Å². The van der Waals surface area contributed by atoms with Gasteiger partial charge in [-0.2, -0.15) is 0 Å². The number of para-hydroxylation sites is 2. The standard InChI is InChI=1S/C13H11N3/c1-13(12-8-4-5-9-14-12)15-10-6-2-3-7-11(10)16-13/h2-9H,1H3. The molecule has 0 spiro atoms. The largest absolute Gasteiger partial charge is 0.257 e. The normalized spacial score (nSPS) is 16.1. The van der Waals surface area contributed by atoms with E-state index in [1.54, 1.807) is 6.20 Å². The highest BCUT2D eigenvalue weighted by atomic mass is 15.1. The Bertz CT molecular complexity index is 597. The summed E-state index contributed by atoms with van der Waals surface area (Å²) in [6.07, 6.45) is 1.77. The van der Waals surface area contributed by atoms with E-state index in [2.05, 4.69) is 15.0 Å². The van der Waals surface area contributed by atoms with E-state index in [1.807, 2.05) is 49.4 Å². The molecule has 0 atom stereocenters. The average Bonchev–Trinajstić information content (AvgIpc) is 2.68. The van der Waals surface area contributed by atoms with Crippen LogP contribution in [0.15, 0.2) is 58.6 Å². The van der Waals surface area contributed by atoms with Crippen LogP contribution in [0.5, 0.6) is 0 Å². The fraction of sp³-hybridized carbons (Fsp3) is 0.154. The summed E-state index contributed by atoms with van der Waals surface area (Å²) in [5.74, 6) is 0. The van der Waals surface area contributed by atoms with Crippen molar-refractivity contribution in [2.75, 3.05) is 0 Å². The minimum Gasteiger partial charge on any atom is -0.257 e. The molecule has 1 aliphatic rings. The number of fused-ring (bicyclic) bond motifs is 1. The molecular weight excluding hydrogens is 198 g/mol. The van der Waals surface area contributed by atoms with Gasteiger partial charge in [-0.3, -0.25) is 4.98 Å². The van der Waals surface area contributed by atoms with Crippen LogP contribution in [0.1, 0.15) is 12.6 Å². The summed E-state index contributed by atoms with van der Waals surface area (Å²) >= 11 is 0. The quantitative estimate of drug-likeness (QED) is 0.695. The van der Waals surface area contributed by atoms with E-state index >= 15 is 0 Å². The molecule has 0 unspecified atom stereocenters. The maximum atomic E-state index is 4.62. The highest BCUT2D eigenvalue weighted by Crippen LogP contribution is 2.24. The van der Waals surface area contributed by atoms with Gasteiger partial charge in [0, 0.05) is 6.20 Å². The molecule has 1 aromatic carbocycles. The van der Waals surface area contributed by atoms with Crippen molar-refractivity contribution in [2.24, 2.45) is 9.98 Å². The molecule has 0 saturated carbocycles. The lowest BCUT2D eigenvalue weighted by Gasteiger charge is -2.15. The summed E-state index contributed by atoms with van der Waals surface area (Å²) in [5, 5.41) is 1.88. The van der Waals surface area contributed by atoms with Crippen LogP contribution in [-0.2, 0) is 5.66 Å². The van der Waals surface area contributed by atoms with Crippen molar-refractivity contribution in [3.8, 4) is 0 Å². The van der Waals surface area contributed by atoms with Gasteiger partial charge in [-0.15, -0.1) is 0 Å². The Morgan fingerprint density at radius 1 is 0.875 bits per heavy atom. The van der Waals surface area contributed by atoms with Crippen LogP contribution in [0, 0.1) is 0 Å². The number of benzene rings is 1. The molecule has 0 bridgehead atoms. The number of nitrogens with zero attached hydrogens (tertiary/aromatic N) is 3. The summed E-state index contributed by atoms with van der Waals surface area (Å²) in [4.78, 5) is 13.6. The molecule has 1 aromatic heterocycles. The summed E-state index contributed by atoms with van der Waals surface area (Å²) < 4.78 is 0. The van der Waals surface area contributed by atoms with Crippen LogP contribution in [0.4, 0.5) is 0 Å².